The fraction of sp³-hybridized carbons (Fsp3) is 0.500. The van der Waals surface area contributed by atoms with Crippen LogP contribution in [0.25, 0.3) is 0 Å². The first-order valence-electron chi connectivity index (χ1n) is 6.10. The summed E-state index contributed by atoms with van der Waals surface area (Å²) in [5, 5.41) is 3.58. The minimum atomic E-state index is 0.600. The molecule has 88 valence electrons. The quantitative estimate of drug-likeness (QED) is 0.677. The maximum atomic E-state index is 4.11. The molecule has 0 saturated heterocycles. The summed E-state index contributed by atoms with van der Waals surface area (Å²) in [6.45, 7) is 6.91. The molecule has 0 radical (unpaired) electrons. The van der Waals surface area contributed by atoms with Gasteiger partial charge in [-0.3, -0.25) is 4.98 Å². The summed E-state index contributed by atoms with van der Waals surface area (Å²) in [5.74, 6) is 0. The van der Waals surface area contributed by atoms with Crippen molar-refractivity contribution in [3.8, 4) is 0 Å². The van der Waals surface area contributed by atoms with Crippen LogP contribution in [0.15, 0.2) is 37.2 Å². The van der Waals surface area contributed by atoms with Crippen molar-refractivity contribution in [2.45, 2.75) is 45.2 Å². The summed E-state index contributed by atoms with van der Waals surface area (Å²) in [5.41, 5.74) is 1.25. The molecular formula is C14H22N2. The normalized spacial score (nSPS) is 12.3. The maximum Gasteiger partial charge on any atom is 0.0312 e. The third-order valence-corrected chi connectivity index (χ3v) is 2.67. The molecule has 1 unspecified atom stereocenters. The molecule has 0 aliphatic carbocycles. The Labute approximate surface area is 98.8 Å². The topological polar surface area (TPSA) is 24.9 Å². The summed E-state index contributed by atoms with van der Waals surface area (Å²) < 4.78 is 0. The van der Waals surface area contributed by atoms with E-state index in [0.29, 0.717) is 6.04 Å². The SMILES string of the molecule is C=CCCC(CCC)NCc1cccnc1. The van der Waals surface area contributed by atoms with Crippen molar-refractivity contribution in [3.63, 3.8) is 0 Å². The lowest BCUT2D eigenvalue weighted by Gasteiger charge is -2.17. The Balaban J connectivity index is 2.34. The summed E-state index contributed by atoms with van der Waals surface area (Å²) in [6, 6.07) is 4.69. The largest absolute Gasteiger partial charge is 0.310 e. The number of rotatable bonds is 8. The molecular weight excluding hydrogens is 196 g/mol. The van der Waals surface area contributed by atoms with E-state index in [-0.39, 0.29) is 0 Å². The first-order chi connectivity index (χ1) is 7.86. The molecule has 1 N–H and O–H groups in total. The van der Waals surface area contributed by atoms with Crippen LogP contribution in [0.5, 0.6) is 0 Å². The number of nitrogens with zero attached hydrogens (tertiary/aromatic N) is 1. The lowest BCUT2D eigenvalue weighted by atomic mass is 10.1. The molecule has 0 amide bonds. The van der Waals surface area contributed by atoms with E-state index in [2.05, 4.69) is 29.9 Å². The van der Waals surface area contributed by atoms with Crippen molar-refractivity contribution in [1.29, 1.82) is 0 Å². The van der Waals surface area contributed by atoms with Crippen LogP contribution < -0.4 is 5.32 Å². The van der Waals surface area contributed by atoms with E-state index >= 15 is 0 Å². The van der Waals surface area contributed by atoms with Crippen LogP contribution in [0, 0.1) is 0 Å². The lowest BCUT2D eigenvalue weighted by Crippen LogP contribution is -2.28. The maximum absolute atomic E-state index is 4.11. The van der Waals surface area contributed by atoms with Gasteiger partial charge in [-0.05, 0) is 30.9 Å². The van der Waals surface area contributed by atoms with Gasteiger partial charge in [-0.25, -0.2) is 0 Å². The minimum absolute atomic E-state index is 0.600. The third kappa shape index (κ3) is 5.08. The van der Waals surface area contributed by atoms with Gasteiger partial charge >= 0.3 is 0 Å². The smallest absolute Gasteiger partial charge is 0.0312 e. The van der Waals surface area contributed by atoms with E-state index in [1.54, 1.807) is 0 Å². The fourth-order valence-electron chi connectivity index (χ4n) is 1.78. The van der Waals surface area contributed by atoms with Crippen LogP contribution in [0.1, 0.15) is 38.2 Å². The first-order valence-corrected chi connectivity index (χ1v) is 6.10. The first kappa shape index (κ1) is 12.9. The Morgan fingerprint density at radius 2 is 2.38 bits per heavy atom. The summed E-state index contributed by atoms with van der Waals surface area (Å²) in [6.07, 6.45) is 10.4. The second-order valence-corrected chi connectivity index (χ2v) is 4.09. The number of hydrogen-bond donors (Lipinski definition) is 1. The van der Waals surface area contributed by atoms with Crippen LogP contribution in [-0.4, -0.2) is 11.0 Å². The molecule has 0 aromatic carbocycles. The van der Waals surface area contributed by atoms with E-state index in [4.69, 9.17) is 0 Å². The average Bonchev–Trinajstić information content (AvgIpc) is 2.34. The van der Waals surface area contributed by atoms with Crippen LogP contribution in [0.4, 0.5) is 0 Å². The van der Waals surface area contributed by atoms with Gasteiger partial charge in [0.1, 0.15) is 0 Å². The van der Waals surface area contributed by atoms with Gasteiger partial charge in [0, 0.05) is 25.0 Å². The zero-order valence-corrected chi connectivity index (χ0v) is 10.2. The Morgan fingerprint density at radius 3 is 3.00 bits per heavy atom. The molecule has 0 fully saturated rings. The van der Waals surface area contributed by atoms with Crippen molar-refractivity contribution in [2.24, 2.45) is 0 Å². The highest BCUT2D eigenvalue weighted by atomic mass is 14.9. The standard InChI is InChI=1S/C14H22N2/c1-3-5-9-14(7-4-2)16-12-13-8-6-10-15-11-13/h3,6,8,10-11,14,16H,1,4-5,7,9,12H2,2H3. The summed E-state index contributed by atoms with van der Waals surface area (Å²) >= 11 is 0. The zero-order chi connectivity index (χ0) is 11.6. The highest BCUT2D eigenvalue weighted by Gasteiger charge is 2.05. The van der Waals surface area contributed by atoms with Gasteiger partial charge in [0.15, 0.2) is 0 Å². The van der Waals surface area contributed by atoms with Gasteiger partial charge in [0.25, 0.3) is 0 Å². The van der Waals surface area contributed by atoms with Crippen molar-refractivity contribution >= 4 is 0 Å². The Morgan fingerprint density at radius 1 is 1.50 bits per heavy atom. The van der Waals surface area contributed by atoms with Crippen LogP contribution in [0.3, 0.4) is 0 Å². The molecule has 2 heteroatoms. The second-order valence-electron chi connectivity index (χ2n) is 4.09. The van der Waals surface area contributed by atoms with E-state index in [1.807, 2.05) is 24.5 Å². The molecule has 1 aromatic heterocycles. The predicted molar refractivity (Wildman–Crippen MR) is 69.2 cm³/mol. The van der Waals surface area contributed by atoms with Crippen molar-refractivity contribution < 1.29 is 0 Å². The molecule has 1 rings (SSSR count). The number of pyridine rings is 1. The van der Waals surface area contributed by atoms with E-state index in [1.165, 1.54) is 24.8 Å². The molecule has 1 atom stereocenters. The van der Waals surface area contributed by atoms with Crippen molar-refractivity contribution in [3.05, 3.63) is 42.7 Å². The van der Waals surface area contributed by atoms with Gasteiger partial charge in [-0.2, -0.15) is 0 Å². The highest BCUT2D eigenvalue weighted by Crippen LogP contribution is 2.06. The Hall–Kier alpha value is -1.15. The summed E-state index contributed by atoms with van der Waals surface area (Å²) in [7, 11) is 0. The molecule has 1 aromatic rings. The van der Waals surface area contributed by atoms with Crippen LogP contribution in [-0.2, 0) is 6.54 Å². The van der Waals surface area contributed by atoms with E-state index in [0.717, 1.165) is 13.0 Å². The Bertz CT molecular complexity index is 282. The number of allylic oxidation sites excluding steroid dienone is 1. The molecule has 0 spiro atoms. The van der Waals surface area contributed by atoms with Gasteiger partial charge < -0.3 is 5.32 Å². The van der Waals surface area contributed by atoms with Crippen LogP contribution >= 0.6 is 0 Å². The number of hydrogen-bond acceptors (Lipinski definition) is 2. The highest BCUT2D eigenvalue weighted by molar-refractivity contribution is 5.07. The third-order valence-electron chi connectivity index (χ3n) is 2.67. The van der Waals surface area contributed by atoms with Gasteiger partial charge in [-0.1, -0.05) is 25.5 Å². The van der Waals surface area contributed by atoms with E-state index < -0.39 is 0 Å². The molecule has 0 bridgehead atoms. The molecule has 16 heavy (non-hydrogen) atoms. The van der Waals surface area contributed by atoms with Crippen molar-refractivity contribution in [2.75, 3.05) is 0 Å². The molecule has 0 aliphatic heterocycles. The van der Waals surface area contributed by atoms with Gasteiger partial charge in [0.05, 0.1) is 0 Å². The van der Waals surface area contributed by atoms with E-state index in [9.17, 15) is 0 Å². The average molecular weight is 218 g/mol. The lowest BCUT2D eigenvalue weighted by molar-refractivity contribution is 0.450. The summed E-state index contributed by atoms with van der Waals surface area (Å²) in [4.78, 5) is 4.11. The van der Waals surface area contributed by atoms with Crippen molar-refractivity contribution in [1.82, 2.24) is 10.3 Å². The fourth-order valence-corrected chi connectivity index (χ4v) is 1.78. The predicted octanol–water partition coefficient (Wildman–Crippen LogP) is 3.31. The second kappa shape index (κ2) is 8.05. The number of aromatic nitrogens is 1. The molecule has 2 nitrogen and oxygen atoms in total. The zero-order valence-electron chi connectivity index (χ0n) is 10.2. The van der Waals surface area contributed by atoms with Crippen LogP contribution in [0.2, 0.25) is 0 Å². The number of nitrogens with one attached hydrogen (secondary N) is 1. The minimum Gasteiger partial charge on any atom is -0.310 e. The molecule has 0 aliphatic rings. The van der Waals surface area contributed by atoms with Gasteiger partial charge in [0.2, 0.25) is 0 Å². The Kier molecular flexibility index (Phi) is 6.50. The monoisotopic (exact) mass is 218 g/mol. The molecule has 1 heterocycles. The van der Waals surface area contributed by atoms with Gasteiger partial charge in [-0.15, -0.1) is 6.58 Å². The molecule has 0 saturated carbocycles.